The Labute approximate surface area is 124 Å². The molecule has 4 nitrogen and oxygen atoms in total. The minimum Gasteiger partial charge on any atom is -0.385 e. The monoisotopic (exact) mass is 281 g/mol. The third kappa shape index (κ3) is 2.89. The zero-order valence-electron chi connectivity index (χ0n) is 12.1. The molecular weight excluding hydrogens is 262 g/mol. The molecule has 0 spiro atoms. The maximum absolute atomic E-state index is 12.4. The number of nitrogens with one attached hydrogen (secondary N) is 2. The zero-order chi connectivity index (χ0) is 14.7. The number of fused-ring (bicyclic) bond motifs is 1. The van der Waals surface area contributed by atoms with Crippen molar-refractivity contribution in [2.75, 3.05) is 11.9 Å². The molecule has 0 radical (unpaired) electrons. The van der Waals surface area contributed by atoms with E-state index in [-0.39, 0.29) is 5.91 Å². The lowest BCUT2D eigenvalue weighted by Gasteiger charge is -2.20. The molecule has 0 bridgehead atoms. The fraction of sp³-hybridized carbons (Fsp3) is 0.294. The predicted octanol–water partition coefficient (Wildman–Crippen LogP) is 2.68. The van der Waals surface area contributed by atoms with Crippen LogP contribution in [0.4, 0.5) is 5.69 Å². The zero-order valence-corrected chi connectivity index (χ0v) is 12.1. The largest absolute Gasteiger partial charge is 0.385 e. The van der Waals surface area contributed by atoms with Crippen LogP contribution in [-0.4, -0.2) is 17.4 Å². The Balaban J connectivity index is 1.76. The minimum absolute atomic E-state index is 0.0272. The molecule has 21 heavy (non-hydrogen) atoms. The highest BCUT2D eigenvalue weighted by Crippen LogP contribution is 2.25. The number of carbonyl (C=O) groups is 1. The average Bonchev–Trinajstić information content (AvgIpc) is 2.53. The van der Waals surface area contributed by atoms with E-state index in [0.29, 0.717) is 6.54 Å². The Bertz CT molecular complexity index is 667. The Hall–Kier alpha value is -2.36. The van der Waals surface area contributed by atoms with E-state index in [1.807, 2.05) is 37.3 Å². The molecule has 0 saturated heterocycles. The van der Waals surface area contributed by atoms with Gasteiger partial charge in [0.25, 0.3) is 5.91 Å². The van der Waals surface area contributed by atoms with Crippen LogP contribution in [0.25, 0.3) is 0 Å². The van der Waals surface area contributed by atoms with Crippen LogP contribution in [0.5, 0.6) is 0 Å². The summed E-state index contributed by atoms with van der Waals surface area (Å²) >= 11 is 0. The van der Waals surface area contributed by atoms with Crippen LogP contribution < -0.4 is 10.6 Å². The first-order valence-corrected chi connectivity index (χ1v) is 7.30. The van der Waals surface area contributed by atoms with Crippen LogP contribution in [0, 0.1) is 6.92 Å². The summed E-state index contributed by atoms with van der Waals surface area (Å²) < 4.78 is 0. The third-order valence-electron chi connectivity index (χ3n) is 3.87. The smallest absolute Gasteiger partial charge is 0.251 e. The second-order valence-electron chi connectivity index (χ2n) is 5.31. The lowest BCUT2D eigenvalue weighted by atomic mass is 9.97. The molecule has 1 aliphatic heterocycles. The van der Waals surface area contributed by atoms with Crippen molar-refractivity contribution >= 4 is 11.6 Å². The lowest BCUT2D eigenvalue weighted by Crippen LogP contribution is -2.26. The SMILES string of the molecule is Cc1cccnc1CNC(=O)c1cccc2c1CCCN2. The molecule has 1 aliphatic rings. The molecule has 0 aliphatic carbocycles. The fourth-order valence-corrected chi connectivity index (χ4v) is 2.69. The first-order chi connectivity index (χ1) is 10.3. The average molecular weight is 281 g/mol. The minimum atomic E-state index is -0.0272. The number of benzene rings is 1. The molecule has 3 rings (SSSR count). The number of amides is 1. The maximum atomic E-state index is 12.4. The van der Waals surface area contributed by atoms with Gasteiger partial charge < -0.3 is 10.6 Å². The molecule has 1 aromatic heterocycles. The summed E-state index contributed by atoms with van der Waals surface area (Å²) in [6.45, 7) is 3.44. The van der Waals surface area contributed by atoms with Gasteiger partial charge in [-0.15, -0.1) is 0 Å². The standard InChI is InChI=1S/C17H19N3O/c1-12-5-3-9-19-16(12)11-20-17(21)14-6-2-8-15-13(14)7-4-10-18-15/h2-3,5-6,8-9,18H,4,7,10-11H2,1H3,(H,20,21). The Morgan fingerprint density at radius 1 is 1.33 bits per heavy atom. The Morgan fingerprint density at radius 2 is 2.24 bits per heavy atom. The van der Waals surface area contributed by atoms with Gasteiger partial charge in [-0.1, -0.05) is 12.1 Å². The molecule has 2 heterocycles. The maximum Gasteiger partial charge on any atom is 0.251 e. The summed E-state index contributed by atoms with van der Waals surface area (Å²) in [5.41, 5.74) is 4.98. The number of aromatic nitrogens is 1. The van der Waals surface area contributed by atoms with Gasteiger partial charge in [0.05, 0.1) is 12.2 Å². The lowest BCUT2D eigenvalue weighted by molar-refractivity contribution is 0.0949. The first kappa shape index (κ1) is 13.6. The van der Waals surface area contributed by atoms with Gasteiger partial charge in [-0.25, -0.2) is 0 Å². The van der Waals surface area contributed by atoms with E-state index < -0.39 is 0 Å². The van der Waals surface area contributed by atoms with E-state index in [4.69, 9.17) is 0 Å². The van der Waals surface area contributed by atoms with Crippen molar-refractivity contribution < 1.29 is 4.79 Å². The van der Waals surface area contributed by atoms with Crippen LogP contribution in [0.1, 0.15) is 33.6 Å². The summed E-state index contributed by atoms with van der Waals surface area (Å²) in [7, 11) is 0. The number of carbonyl (C=O) groups excluding carboxylic acids is 1. The van der Waals surface area contributed by atoms with E-state index >= 15 is 0 Å². The molecule has 0 fully saturated rings. The molecule has 4 heteroatoms. The van der Waals surface area contributed by atoms with Crippen molar-refractivity contribution in [3.63, 3.8) is 0 Å². The van der Waals surface area contributed by atoms with Gasteiger partial charge in [0.1, 0.15) is 0 Å². The molecule has 108 valence electrons. The molecule has 0 unspecified atom stereocenters. The molecule has 1 aromatic carbocycles. The number of nitrogens with zero attached hydrogens (tertiary/aromatic N) is 1. The number of hydrogen-bond donors (Lipinski definition) is 2. The van der Waals surface area contributed by atoms with E-state index in [1.165, 1.54) is 0 Å². The molecule has 1 amide bonds. The number of anilines is 1. The quantitative estimate of drug-likeness (QED) is 0.909. The molecule has 0 saturated carbocycles. The van der Waals surface area contributed by atoms with Gasteiger partial charge in [0.15, 0.2) is 0 Å². The fourth-order valence-electron chi connectivity index (χ4n) is 2.69. The highest BCUT2D eigenvalue weighted by molar-refractivity contribution is 5.97. The number of hydrogen-bond acceptors (Lipinski definition) is 3. The second kappa shape index (κ2) is 5.95. The van der Waals surface area contributed by atoms with Gasteiger partial charge in [-0.3, -0.25) is 9.78 Å². The van der Waals surface area contributed by atoms with E-state index in [2.05, 4.69) is 15.6 Å². The van der Waals surface area contributed by atoms with Crippen LogP contribution in [0.15, 0.2) is 36.5 Å². The van der Waals surface area contributed by atoms with Gasteiger partial charge in [-0.2, -0.15) is 0 Å². The summed E-state index contributed by atoms with van der Waals surface area (Å²) in [5, 5.41) is 6.33. The summed E-state index contributed by atoms with van der Waals surface area (Å²) in [5.74, 6) is -0.0272. The van der Waals surface area contributed by atoms with E-state index in [9.17, 15) is 4.79 Å². The second-order valence-corrected chi connectivity index (χ2v) is 5.31. The van der Waals surface area contributed by atoms with Crippen molar-refractivity contribution in [3.05, 3.63) is 58.9 Å². The highest BCUT2D eigenvalue weighted by Gasteiger charge is 2.17. The van der Waals surface area contributed by atoms with Crippen LogP contribution in [0.2, 0.25) is 0 Å². The summed E-state index contributed by atoms with van der Waals surface area (Å²) in [6.07, 6.45) is 3.77. The molecule has 2 aromatic rings. The predicted molar refractivity (Wildman–Crippen MR) is 83.4 cm³/mol. The number of rotatable bonds is 3. The summed E-state index contributed by atoms with van der Waals surface area (Å²) in [4.78, 5) is 16.7. The van der Waals surface area contributed by atoms with Crippen molar-refractivity contribution in [3.8, 4) is 0 Å². The highest BCUT2D eigenvalue weighted by atomic mass is 16.1. The van der Waals surface area contributed by atoms with Crippen LogP contribution >= 0.6 is 0 Å². The van der Waals surface area contributed by atoms with Crippen molar-refractivity contribution in [2.45, 2.75) is 26.3 Å². The number of pyridine rings is 1. The first-order valence-electron chi connectivity index (χ1n) is 7.30. The molecule has 0 atom stereocenters. The van der Waals surface area contributed by atoms with Gasteiger partial charge >= 0.3 is 0 Å². The molecule has 2 N–H and O–H groups in total. The Kier molecular flexibility index (Phi) is 3.86. The van der Waals surface area contributed by atoms with Gasteiger partial charge in [-0.05, 0) is 49.1 Å². The van der Waals surface area contributed by atoms with Crippen molar-refractivity contribution in [1.29, 1.82) is 0 Å². The molecular formula is C17H19N3O. The van der Waals surface area contributed by atoms with Gasteiger partial charge in [0, 0.05) is 24.0 Å². The van der Waals surface area contributed by atoms with Crippen molar-refractivity contribution in [2.24, 2.45) is 0 Å². The topological polar surface area (TPSA) is 54.0 Å². The van der Waals surface area contributed by atoms with Crippen molar-refractivity contribution in [1.82, 2.24) is 10.3 Å². The third-order valence-corrected chi connectivity index (χ3v) is 3.87. The normalized spacial score (nSPS) is 13.2. The van der Waals surface area contributed by atoms with E-state index in [0.717, 1.165) is 47.5 Å². The van der Waals surface area contributed by atoms with Gasteiger partial charge in [0.2, 0.25) is 0 Å². The van der Waals surface area contributed by atoms with Crippen LogP contribution in [-0.2, 0) is 13.0 Å². The van der Waals surface area contributed by atoms with Crippen LogP contribution in [0.3, 0.4) is 0 Å². The van der Waals surface area contributed by atoms with E-state index in [1.54, 1.807) is 6.20 Å². The summed E-state index contributed by atoms with van der Waals surface area (Å²) in [6, 6.07) is 9.77. The Morgan fingerprint density at radius 3 is 3.10 bits per heavy atom. The number of aryl methyl sites for hydroxylation is 1.